The van der Waals surface area contributed by atoms with Crippen LogP contribution in [0.1, 0.15) is 92.6 Å². The second-order valence-corrected chi connectivity index (χ2v) is 16.1. The molecule has 56 heavy (non-hydrogen) atoms. The van der Waals surface area contributed by atoms with E-state index in [2.05, 4.69) is 56.5 Å². The molecule has 0 amide bonds. The molecule has 0 bridgehead atoms. The number of pyridine rings is 2. The molecule has 12 heteroatoms. The number of nitrogens with zero attached hydrogens (tertiary/aromatic N) is 2. The third kappa shape index (κ3) is 17.1. The predicted octanol–water partition coefficient (Wildman–Crippen LogP) is 9.28. The number of carbonyl (C=O) groups excluding carboxylic acids is 4. The van der Waals surface area contributed by atoms with Gasteiger partial charge in [-0.25, -0.2) is 0 Å². The van der Waals surface area contributed by atoms with Crippen LogP contribution < -0.4 is 9.47 Å². The van der Waals surface area contributed by atoms with E-state index < -0.39 is 13.3 Å². The van der Waals surface area contributed by atoms with Crippen molar-refractivity contribution in [2.45, 2.75) is 83.3 Å². The number of ether oxygens (including phenoxy) is 3. The van der Waals surface area contributed by atoms with Crippen LogP contribution in [0.3, 0.4) is 0 Å². The number of rotatable bonds is 11. The summed E-state index contributed by atoms with van der Waals surface area (Å²) in [6, 6.07) is 28.5. The van der Waals surface area contributed by atoms with Crippen LogP contribution in [-0.2, 0) is 46.2 Å². The normalized spacial score (nSPS) is 16.0. The SMILES string of the molecule is CC=C1CCC(c2ccc(OCc3ccccc3)cn2)CC1.COC(=O)CP(C)(=O)OC.O=C1CCC(c2ccc(OCc3ccccc3)cn2)CC1.O=C=O. The first-order chi connectivity index (χ1) is 27.1. The molecule has 6 rings (SSSR count). The van der Waals surface area contributed by atoms with Gasteiger partial charge in [0.15, 0.2) is 0 Å². The molecule has 1 atom stereocenters. The second-order valence-electron chi connectivity index (χ2n) is 13.4. The van der Waals surface area contributed by atoms with Gasteiger partial charge in [0, 0.05) is 49.8 Å². The highest BCUT2D eigenvalue weighted by molar-refractivity contribution is 7.59. The number of esters is 1. The maximum absolute atomic E-state index is 11.3. The minimum Gasteiger partial charge on any atom is -0.487 e. The van der Waals surface area contributed by atoms with Crippen LogP contribution in [0.5, 0.6) is 11.5 Å². The first kappa shape index (κ1) is 45.2. The Labute approximate surface area is 330 Å². The molecule has 4 aromatic rings. The topological polar surface area (TPSA) is 148 Å². The number of Topliss-reactive ketones (excluding diaryl/α,β-unsaturated/α-hetero) is 1. The zero-order valence-electron chi connectivity index (χ0n) is 32.8. The first-order valence-electron chi connectivity index (χ1n) is 18.7. The summed E-state index contributed by atoms with van der Waals surface area (Å²) in [6.45, 7) is 4.69. The maximum atomic E-state index is 11.3. The van der Waals surface area contributed by atoms with Gasteiger partial charge in [0.2, 0.25) is 7.37 Å². The van der Waals surface area contributed by atoms with Crippen LogP contribution in [0.2, 0.25) is 0 Å². The van der Waals surface area contributed by atoms with E-state index in [-0.39, 0.29) is 12.3 Å². The largest absolute Gasteiger partial charge is 0.487 e. The average Bonchev–Trinajstić information content (AvgIpc) is 3.24. The summed E-state index contributed by atoms with van der Waals surface area (Å²) in [6.07, 6.45) is 14.1. The summed E-state index contributed by atoms with van der Waals surface area (Å²) in [5.41, 5.74) is 6.21. The van der Waals surface area contributed by atoms with E-state index in [4.69, 9.17) is 19.1 Å². The molecule has 2 aromatic carbocycles. The van der Waals surface area contributed by atoms with E-state index in [0.29, 0.717) is 43.7 Å². The third-order valence-electron chi connectivity index (χ3n) is 9.46. The van der Waals surface area contributed by atoms with E-state index in [0.717, 1.165) is 35.6 Å². The van der Waals surface area contributed by atoms with Gasteiger partial charge in [-0.2, -0.15) is 9.59 Å². The molecule has 2 aliphatic rings. The number of methoxy groups -OCH3 is 1. The van der Waals surface area contributed by atoms with E-state index in [1.807, 2.05) is 66.9 Å². The maximum Gasteiger partial charge on any atom is 0.373 e. The lowest BCUT2D eigenvalue weighted by molar-refractivity contribution is -0.191. The van der Waals surface area contributed by atoms with Gasteiger partial charge in [0.05, 0.1) is 19.5 Å². The minimum absolute atomic E-state index is 0.153. The van der Waals surface area contributed by atoms with Crippen molar-refractivity contribution in [1.29, 1.82) is 0 Å². The van der Waals surface area contributed by atoms with Crippen molar-refractivity contribution in [3.63, 3.8) is 0 Å². The van der Waals surface area contributed by atoms with Crippen LogP contribution in [0.25, 0.3) is 0 Å². The first-order valence-corrected chi connectivity index (χ1v) is 20.9. The van der Waals surface area contributed by atoms with Gasteiger partial charge in [-0.3, -0.25) is 24.1 Å². The molecule has 2 heterocycles. The van der Waals surface area contributed by atoms with E-state index in [1.165, 1.54) is 57.8 Å². The zero-order valence-corrected chi connectivity index (χ0v) is 33.7. The predicted molar refractivity (Wildman–Crippen MR) is 214 cm³/mol. The van der Waals surface area contributed by atoms with E-state index in [9.17, 15) is 14.2 Å². The van der Waals surface area contributed by atoms with Crippen LogP contribution in [0, 0.1) is 0 Å². The minimum atomic E-state index is -2.72. The molecule has 0 radical (unpaired) electrons. The Morgan fingerprint density at radius 1 is 0.732 bits per heavy atom. The number of ketones is 1. The molecule has 2 aliphatic carbocycles. The fourth-order valence-corrected chi connectivity index (χ4v) is 6.82. The van der Waals surface area contributed by atoms with Gasteiger partial charge in [-0.05, 0) is 80.8 Å². The van der Waals surface area contributed by atoms with Crippen LogP contribution in [0.4, 0.5) is 0 Å². The molecular weight excluding hydrogens is 731 g/mol. The monoisotopic (exact) mass is 784 g/mol. The fraction of sp³-hybridized carbons (Fsp3) is 0.386. The summed E-state index contributed by atoms with van der Waals surface area (Å²) in [5, 5.41) is 0. The second kappa shape index (κ2) is 25.0. The molecule has 0 saturated heterocycles. The van der Waals surface area contributed by atoms with Gasteiger partial charge in [-0.15, -0.1) is 0 Å². The smallest absolute Gasteiger partial charge is 0.373 e. The molecule has 0 N–H and O–H groups in total. The highest BCUT2D eigenvalue weighted by atomic mass is 31.2. The third-order valence-corrected chi connectivity index (χ3v) is 11.1. The van der Waals surface area contributed by atoms with Gasteiger partial charge < -0.3 is 18.7 Å². The lowest BCUT2D eigenvalue weighted by Gasteiger charge is -2.23. The number of benzene rings is 2. The lowest BCUT2D eigenvalue weighted by Crippen LogP contribution is -2.13. The molecule has 0 spiro atoms. The van der Waals surface area contributed by atoms with E-state index in [1.54, 1.807) is 11.8 Å². The molecule has 298 valence electrons. The molecule has 0 aliphatic heterocycles. The highest BCUT2D eigenvalue weighted by Gasteiger charge is 2.22. The average molecular weight is 785 g/mol. The van der Waals surface area contributed by atoms with Gasteiger partial charge in [0.1, 0.15) is 36.7 Å². The standard InChI is InChI=1S/C20H23NO.C18H19NO2.C5H11O4P.CO2/c1-2-16-8-10-18(11-9-16)20-13-12-19(14-21-20)22-15-17-6-4-3-5-7-17;20-16-8-6-15(7-9-16)18-11-10-17(12-19-18)21-13-14-4-2-1-3-5-14;1-8-5(6)4-10(3,7)9-2;2-1-3/h2-7,12-14,18H,8-11,15H2,1H3;1-5,10-12,15H,6-9,13H2;4H2,1-3H3;. The molecule has 2 saturated carbocycles. The van der Waals surface area contributed by atoms with Crippen LogP contribution in [0.15, 0.2) is 109 Å². The van der Waals surface area contributed by atoms with Crippen LogP contribution in [-0.4, -0.2) is 54.9 Å². The van der Waals surface area contributed by atoms with Gasteiger partial charge in [0.25, 0.3) is 0 Å². The Kier molecular flexibility index (Phi) is 20.2. The number of aromatic nitrogens is 2. The number of hydrogen-bond donors (Lipinski definition) is 0. The van der Waals surface area contributed by atoms with Crippen molar-refractivity contribution in [1.82, 2.24) is 9.97 Å². The number of hydrogen-bond acceptors (Lipinski definition) is 11. The summed E-state index contributed by atoms with van der Waals surface area (Å²) < 4.78 is 31.4. The summed E-state index contributed by atoms with van der Waals surface area (Å²) in [5.74, 6) is 2.53. The highest BCUT2D eigenvalue weighted by Crippen LogP contribution is 2.40. The zero-order chi connectivity index (χ0) is 40.6. The number of allylic oxidation sites excluding steroid dienone is 2. The number of carbonyl (C=O) groups is 2. The summed E-state index contributed by atoms with van der Waals surface area (Å²) in [4.78, 5) is 47.2. The van der Waals surface area contributed by atoms with Crippen molar-refractivity contribution in [3.05, 3.63) is 131 Å². The summed E-state index contributed by atoms with van der Waals surface area (Å²) in [7, 11) is -0.163. The Morgan fingerprint density at radius 2 is 1.16 bits per heavy atom. The Morgan fingerprint density at radius 3 is 1.52 bits per heavy atom. The fourth-order valence-electron chi connectivity index (χ4n) is 6.09. The van der Waals surface area contributed by atoms with Crippen molar-refractivity contribution >= 4 is 25.3 Å². The molecule has 1 unspecified atom stereocenters. The Hall–Kier alpha value is -5.21. The van der Waals surface area contributed by atoms with E-state index >= 15 is 0 Å². The Balaban J connectivity index is 0.000000231. The van der Waals surface area contributed by atoms with Crippen LogP contribution >= 0.6 is 7.37 Å². The van der Waals surface area contributed by atoms with Crippen molar-refractivity contribution in [2.24, 2.45) is 0 Å². The Bertz CT molecular complexity index is 1840. The van der Waals surface area contributed by atoms with Gasteiger partial charge in [-0.1, -0.05) is 72.3 Å². The lowest BCUT2D eigenvalue weighted by atomic mass is 9.83. The van der Waals surface area contributed by atoms with Crippen molar-refractivity contribution in [3.8, 4) is 11.5 Å². The molecule has 2 aromatic heterocycles. The quantitative estimate of drug-likeness (QED) is 0.0814. The van der Waals surface area contributed by atoms with Crippen molar-refractivity contribution < 1.29 is 42.5 Å². The van der Waals surface area contributed by atoms with Crippen molar-refractivity contribution in [2.75, 3.05) is 27.0 Å². The molecule has 2 fully saturated rings. The summed E-state index contributed by atoms with van der Waals surface area (Å²) >= 11 is 0. The van der Waals surface area contributed by atoms with Gasteiger partial charge >= 0.3 is 12.1 Å². The molecule has 11 nitrogen and oxygen atoms in total. The molecular formula is C44H53N2O9P.